The van der Waals surface area contributed by atoms with Crippen molar-refractivity contribution in [2.75, 3.05) is 19.6 Å². The van der Waals surface area contributed by atoms with E-state index in [1.165, 1.54) is 12.8 Å². The fourth-order valence-corrected chi connectivity index (χ4v) is 1.55. The molecule has 0 saturated carbocycles. The number of aliphatic hydroxyl groups excluding tert-OH is 1. The highest BCUT2D eigenvalue weighted by Crippen LogP contribution is 2.04. The molecule has 3 heteroatoms. The maximum absolute atomic E-state index is 9.58. The van der Waals surface area contributed by atoms with Gasteiger partial charge in [0.1, 0.15) is 0 Å². The molecule has 1 aliphatic rings. The van der Waals surface area contributed by atoms with Crippen LogP contribution in [0.1, 0.15) is 26.7 Å². The van der Waals surface area contributed by atoms with Gasteiger partial charge in [-0.05, 0) is 31.8 Å². The van der Waals surface area contributed by atoms with Crippen molar-refractivity contribution in [1.29, 1.82) is 0 Å². The van der Waals surface area contributed by atoms with E-state index < -0.39 is 0 Å². The van der Waals surface area contributed by atoms with Gasteiger partial charge < -0.3 is 15.7 Å². The monoisotopic (exact) mass is 186 g/mol. The molecule has 0 bridgehead atoms. The lowest BCUT2D eigenvalue weighted by Crippen LogP contribution is -2.43. The van der Waals surface area contributed by atoms with Crippen molar-refractivity contribution in [3.63, 3.8) is 0 Å². The summed E-state index contributed by atoms with van der Waals surface area (Å²) >= 11 is 0. The SMILES string of the molecule is CC(C)C(O)CNC1CCNCC1. The molecule has 1 aliphatic heterocycles. The van der Waals surface area contributed by atoms with E-state index in [-0.39, 0.29) is 6.10 Å². The zero-order valence-electron chi connectivity index (χ0n) is 8.71. The lowest BCUT2D eigenvalue weighted by Gasteiger charge is -2.25. The van der Waals surface area contributed by atoms with Gasteiger partial charge in [-0.15, -0.1) is 0 Å². The van der Waals surface area contributed by atoms with E-state index in [9.17, 15) is 5.11 Å². The number of hydrogen-bond donors (Lipinski definition) is 3. The number of nitrogens with one attached hydrogen (secondary N) is 2. The van der Waals surface area contributed by atoms with Crippen molar-refractivity contribution in [2.24, 2.45) is 5.92 Å². The first-order chi connectivity index (χ1) is 6.20. The molecule has 13 heavy (non-hydrogen) atoms. The van der Waals surface area contributed by atoms with E-state index in [4.69, 9.17) is 0 Å². The van der Waals surface area contributed by atoms with Crippen LogP contribution in [0.4, 0.5) is 0 Å². The molecule has 1 unspecified atom stereocenters. The Kier molecular flexibility index (Phi) is 4.70. The quantitative estimate of drug-likeness (QED) is 0.593. The van der Waals surface area contributed by atoms with Crippen LogP contribution in [0, 0.1) is 5.92 Å². The van der Waals surface area contributed by atoms with Gasteiger partial charge in [0.25, 0.3) is 0 Å². The molecule has 1 rings (SSSR count). The van der Waals surface area contributed by atoms with Crippen LogP contribution in [-0.2, 0) is 0 Å². The van der Waals surface area contributed by atoms with Crippen LogP contribution < -0.4 is 10.6 Å². The standard InChI is InChI=1S/C10H22N2O/c1-8(2)10(13)7-12-9-3-5-11-6-4-9/h8-13H,3-7H2,1-2H3. The molecule has 78 valence electrons. The molecule has 3 N–H and O–H groups in total. The van der Waals surface area contributed by atoms with Crippen LogP contribution >= 0.6 is 0 Å². The van der Waals surface area contributed by atoms with Gasteiger partial charge in [0.15, 0.2) is 0 Å². The smallest absolute Gasteiger partial charge is 0.0687 e. The number of piperidine rings is 1. The molecule has 0 aromatic carbocycles. The van der Waals surface area contributed by atoms with Crippen LogP contribution in [0.15, 0.2) is 0 Å². The molecule has 1 fully saturated rings. The predicted octanol–water partition coefficient (Wildman–Crippen LogP) is 0.345. The normalized spacial score (nSPS) is 22.2. The summed E-state index contributed by atoms with van der Waals surface area (Å²) in [4.78, 5) is 0. The van der Waals surface area contributed by atoms with Crippen molar-refractivity contribution < 1.29 is 5.11 Å². The average molecular weight is 186 g/mol. The Hall–Kier alpha value is -0.120. The van der Waals surface area contributed by atoms with Crippen LogP contribution in [0.3, 0.4) is 0 Å². The zero-order valence-corrected chi connectivity index (χ0v) is 8.71. The zero-order chi connectivity index (χ0) is 9.68. The largest absolute Gasteiger partial charge is 0.392 e. The first kappa shape index (κ1) is 11.0. The second-order valence-corrected chi connectivity index (χ2v) is 4.24. The highest BCUT2D eigenvalue weighted by atomic mass is 16.3. The first-order valence-corrected chi connectivity index (χ1v) is 5.32. The molecule has 0 aromatic heterocycles. The van der Waals surface area contributed by atoms with Gasteiger partial charge in [0, 0.05) is 12.6 Å². The van der Waals surface area contributed by atoms with Crippen LogP contribution in [0.25, 0.3) is 0 Å². The summed E-state index contributed by atoms with van der Waals surface area (Å²) in [5.74, 6) is 0.356. The first-order valence-electron chi connectivity index (χ1n) is 5.32. The van der Waals surface area contributed by atoms with E-state index in [1.807, 2.05) is 0 Å². The van der Waals surface area contributed by atoms with Gasteiger partial charge in [-0.3, -0.25) is 0 Å². The van der Waals surface area contributed by atoms with Crippen LogP contribution in [0.5, 0.6) is 0 Å². The minimum atomic E-state index is -0.199. The highest BCUT2D eigenvalue weighted by Gasteiger charge is 2.15. The second kappa shape index (κ2) is 5.58. The molecule has 1 saturated heterocycles. The lowest BCUT2D eigenvalue weighted by molar-refractivity contribution is 0.118. The molecule has 0 aromatic rings. The number of rotatable bonds is 4. The maximum Gasteiger partial charge on any atom is 0.0687 e. The summed E-state index contributed by atoms with van der Waals surface area (Å²) in [6, 6.07) is 0.606. The summed E-state index contributed by atoms with van der Waals surface area (Å²) in [6.07, 6.45) is 2.17. The second-order valence-electron chi connectivity index (χ2n) is 4.24. The molecular formula is C10H22N2O. The molecule has 0 radical (unpaired) electrons. The Bertz CT molecular complexity index is 133. The summed E-state index contributed by atoms with van der Waals surface area (Å²) in [5.41, 5.74) is 0. The highest BCUT2D eigenvalue weighted by molar-refractivity contribution is 4.76. The Balaban J connectivity index is 2.10. The van der Waals surface area contributed by atoms with Gasteiger partial charge in [-0.2, -0.15) is 0 Å². The summed E-state index contributed by atoms with van der Waals surface area (Å²) in [6.45, 7) is 7.05. The van der Waals surface area contributed by atoms with E-state index in [0.29, 0.717) is 12.0 Å². The fourth-order valence-electron chi connectivity index (χ4n) is 1.55. The van der Waals surface area contributed by atoms with Gasteiger partial charge in [0.2, 0.25) is 0 Å². The van der Waals surface area contributed by atoms with Crippen LogP contribution in [0.2, 0.25) is 0 Å². The third-order valence-electron chi connectivity index (χ3n) is 2.72. The predicted molar refractivity (Wildman–Crippen MR) is 54.7 cm³/mol. The van der Waals surface area contributed by atoms with Crippen LogP contribution in [-0.4, -0.2) is 36.9 Å². The Morgan fingerprint density at radius 2 is 2.00 bits per heavy atom. The van der Waals surface area contributed by atoms with E-state index in [2.05, 4.69) is 24.5 Å². The minimum Gasteiger partial charge on any atom is -0.392 e. The summed E-state index contributed by atoms with van der Waals surface area (Å²) in [7, 11) is 0. The van der Waals surface area contributed by atoms with Crippen molar-refractivity contribution in [3.05, 3.63) is 0 Å². The molecule has 3 nitrogen and oxygen atoms in total. The number of aliphatic hydroxyl groups is 1. The summed E-state index contributed by atoms with van der Waals surface area (Å²) < 4.78 is 0. The van der Waals surface area contributed by atoms with Gasteiger partial charge in [0.05, 0.1) is 6.10 Å². The molecular weight excluding hydrogens is 164 g/mol. The van der Waals surface area contributed by atoms with Gasteiger partial charge >= 0.3 is 0 Å². The van der Waals surface area contributed by atoms with Crippen molar-refractivity contribution in [3.8, 4) is 0 Å². The minimum absolute atomic E-state index is 0.199. The van der Waals surface area contributed by atoms with E-state index in [0.717, 1.165) is 19.6 Å². The average Bonchev–Trinajstić information content (AvgIpc) is 2.15. The number of hydrogen-bond acceptors (Lipinski definition) is 3. The van der Waals surface area contributed by atoms with Crippen molar-refractivity contribution >= 4 is 0 Å². The molecule has 0 aliphatic carbocycles. The van der Waals surface area contributed by atoms with Gasteiger partial charge in [-0.1, -0.05) is 13.8 Å². The van der Waals surface area contributed by atoms with Crippen molar-refractivity contribution in [1.82, 2.24) is 10.6 Å². The third kappa shape index (κ3) is 4.07. The van der Waals surface area contributed by atoms with E-state index in [1.54, 1.807) is 0 Å². The van der Waals surface area contributed by atoms with Gasteiger partial charge in [-0.25, -0.2) is 0 Å². The Morgan fingerprint density at radius 1 is 1.38 bits per heavy atom. The molecule has 1 heterocycles. The van der Waals surface area contributed by atoms with Crippen molar-refractivity contribution in [2.45, 2.75) is 38.8 Å². The lowest BCUT2D eigenvalue weighted by atomic mass is 10.0. The fraction of sp³-hybridized carbons (Fsp3) is 1.00. The molecule has 0 amide bonds. The summed E-state index contributed by atoms with van der Waals surface area (Å²) in [5, 5.41) is 16.3. The Labute approximate surface area is 80.9 Å². The molecule has 0 spiro atoms. The third-order valence-corrected chi connectivity index (χ3v) is 2.72. The van der Waals surface area contributed by atoms with E-state index >= 15 is 0 Å². The Morgan fingerprint density at radius 3 is 2.54 bits per heavy atom. The maximum atomic E-state index is 9.58. The topological polar surface area (TPSA) is 44.3 Å². The molecule has 1 atom stereocenters.